The molecule has 0 aromatic carbocycles. The van der Waals surface area contributed by atoms with Crippen LogP contribution >= 0.6 is 11.3 Å². The fourth-order valence-electron chi connectivity index (χ4n) is 1.95. The lowest BCUT2D eigenvalue weighted by Crippen LogP contribution is -2.19. The Kier molecular flexibility index (Phi) is 4.18. The summed E-state index contributed by atoms with van der Waals surface area (Å²) in [5, 5.41) is 11.9. The SMILES string of the molecule is Cn1cc(C(=O)Nc2ncc(-c3ccc(C#N)cn3)s2)ccc1=O. The van der Waals surface area contributed by atoms with Gasteiger partial charge in [0.1, 0.15) is 6.07 Å². The highest BCUT2D eigenvalue weighted by molar-refractivity contribution is 7.19. The number of aromatic nitrogens is 3. The van der Waals surface area contributed by atoms with Gasteiger partial charge in [-0.1, -0.05) is 11.3 Å². The van der Waals surface area contributed by atoms with Crippen molar-refractivity contribution in [3.63, 3.8) is 0 Å². The number of aryl methyl sites for hydroxylation is 1. The zero-order chi connectivity index (χ0) is 17.1. The minimum atomic E-state index is -0.348. The molecule has 1 N–H and O–H groups in total. The van der Waals surface area contributed by atoms with Crippen LogP contribution in [0.15, 0.2) is 47.7 Å². The number of anilines is 1. The van der Waals surface area contributed by atoms with E-state index in [9.17, 15) is 9.59 Å². The topological polar surface area (TPSA) is 101 Å². The Morgan fingerprint density at radius 3 is 2.75 bits per heavy atom. The Hall–Kier alpha value is -3.31. The molecule has 0 aliphatic carbocycles. The van der Waals surface area contributed by atoms with E-state index >= 15 is 0 Å². The van der Waals surface area contributed by atoms with Gasteiger partial charge in [-0.3, -0.25) is 19.9 Å². The number of nitriles is 1. The molecule has 3 rings (SSSR count). The lowest BCUT2D eigenvalue weighted by Gasteiger charge is -2.03. The number of thiazole rings is 1. The molecule has 118 valence electrons. The van der Waals surface area contributed by atoms with Gasteiger partial charge in [0, 0.05) is 31.7 Å². The molecule has 0 bridgehead atoms. The largest absolute Gasteiger partial charge is 0.318 e. The summed E-state index contributed by atoms with van der Waals surface area (Å²) >= 11 is 1.27. The second-order valence-electron chi connectivity index (χ2n) is 4.89. The van der Waals surface area contributed by atoms with Crippen LogP contribution < -0.4 is 10.9 Å². The zero-order valence-corrected chi connectivity index (χ0v) is 13.4. The molecule has 0 saturated heterocycles. The highest BCUT2D eigenvalue weighted by Gasteiger charge is 2.11. The maximum atomic E-state index is 12.2. The fraction of sp³-hybridized carbons (Fsp3) is 0.0625. The third-order valence-electron chi connectivity index (χ3n) is 3.22. The molecule has 8 heteroatoms. The molecule has 0 aliphatic rings. The van der Waals surface area contributed by atoms with Gasteiger partial charge in [-0.05, 0) is 18.2 Å². The average Bonchev–Trinajstić information content (AvgIpc) is 3.06. The fourth-order valence-corrected chi connectivity index (χ4v) is 2.74. The first-order chi connectivity index (χ1) is 11.6. The number of carbonyl (C=O) groups excluding carboxylic acids is 1. The summed E-state index contributed by atoms with van der Waals surface area (Å²) < 4.78 is 1.34. The molecule has 24 heavy (non-hydrogen) atoms. The van der Waals surface area contributed by atoms with Crippen LogP contribution in [0.3, 0.4) is 0 Å². The first kappa shape index (κ1) is 15.6. The number of nitrogens with zero attached hydrogens (tertiary/aromatic N) is 4. The van der Waals surface area contributed by atoms with Gasteiger partial charge in [0.15, 0.2) is 5.13 Å². The van der Waals surface area contributed by atoms with Gasteiger partial charge >= 0.3 is 0 Å². The second kappa shape index (κ2) is 6.44. The molecule has 0 fully saturated rings. The summed E-state index contributed by atoms with van der Waals surface area (Å²) in [5.74, 6) is -0.348. The van der Waals surface area contributed by atoms with Crippen LogP contribution in [0.1, 0.15) is 15.9 Å². The van der Waals surface area contributed by atoms with Crippen LogP contribution in [0.25, 0.3) is 10.6 Å². The number of nitrogens with one attached hydrogen (secondary N) is 1. The molecular weight excluding hydrogens is 326 g/mol. The maximum absolute atomic E-state index is 12.2. The lowest BCUT2D eigenvalue weighted by atomic mass is 10.2. The number of rotatable bonds is 3. The second-order valence-corrected chi connectivity index (χ2v) is 5.93. The van der Waals surface area contributed by atoms with E-state index < -0.39 is 0 Å². The highest BCUT2D eigenvalue weighted by Crippen LogP contribution is 2.27. The van der Waals surface area contributed by atoms with Crippen molar-refractivity contribution in [3.05, 3.63) is 64.3 Å². The van der Waals surface area contributed by atoms with E-state index in [0.29, 0.717) is 22.0 Å². The van der Waals surface area contributed by atoms with Crippen LogP contribution in [-0.4, -0.2) is 20.4 Å². The van der Waals surface area contributed by atoms with Gasteiger partial charge in [-0.15, -0.1) is 0 Å². The van der Waals surface area contributed by atoms with Gasteiger partial charge in [0.2, 0.25) is 5.56 Å². The highest BCUT2D eigenvalue weighted by atomic mass is 32.1. The molecule has 1 amide bonds. The summed E-state index contributed by atoms with van der Waals surface area (Å²) in [4.78, 5) is 32.7. The Morgan fingerprint density at radius 1 is 1.25 bits per heavy atom. The van der Waals surface area contributed by atoms with Gasteiger partial charge in [0.05, 0.1) is 21.7 Å². The van der Waals surface area contributed by atoms with Crippen molar-refractivity contribution in [2.24, 2.45) is 7.05 Å². The van der Waals surface area contributed by atoms with E-state index in [1.807, 2.05) is 6.07 Å². The van der Waals surface area contributed by atoms with Crippen molar-refractivity contribution >= 4 is 22.4 Å². The van der Waals surface area contributed by atoms with Gasteiger partial charge in [-0.2, -0.15) is 5.26 Å². The van der Waals surface area contributed by atoms with E-state index in [2.05, 4.69) is 15.3 Å². The minimum Gasteiger partial charge on any atom is -0.318 e. The van der Waals surface area contributed by atoms with Crippen LogP contribution in [0.2, 0.25) is 0 Å². The lowest BCUT2D eigenvalue weighted by molar-refractivity contribution is 0.102. The quantitative estimate of drug-likeness (QED) is 0.788. The van der Waals surface area contributed by atoms with Crippen molar-refractivity contribution in [1.82, 2.24) is 14.5 Å². The van der Waals surface area contributed by atoms with Crippen molar-refractivity contribution in [2.75, 3.05) is 5.32 Å². The molecule has 0 unspecified atom stereocenters. The number of pyridine rings is 2. The van der Waals surface area contributed by atoms with E-state index in [1.165, 1.54) is 40.4 Å². The number of hydrogen-bond donors (Lipinski definition) is 1. The smallest absolute Gasteiger partial charge is 0.258 e. The van der Waals surface area contributed by atoms with Crippen LogP contribution in [0.5, 0.6) is 0 Å². The summed E-state index contributed by atoms with van der Waals surface area (Å²) in [6.45, 7) is 0. The number of carbonyl (C=O) groups is 1. The molecule has 3 aromatic rings. The molecule has 0 atom stereocenters. The first-order valence-electron chi connectivity index (χ1n) is 6.87. The molecule has 0 saturated carbocycles. The third kappa shape index (κ3) is 3.21. The maximum Gasteiger partial charge on any atom is 0.258 e. The van der Waals surface area contributed by atoms with Gasteiger partial charge < -0.3 is 4.57 Å². The summed E-state index contributed by atoms with van der Waals surface area (Å²) in [5.41, 5.74) is 1.33. The number of amides is 1. The zero-order valence-electron chi connectivity index (χ0n) is 12.6. The molecule has 3 heterocycles. The Labute approximate surface area is 140 Å². The number of hydrogen-bond acceptors (Lipinski definition) is 6. The molecule has 0 spiro atoms. The van der Waals surface area contributed by atoms with Gasteiger partial charge in [-0.25, -0.2) is 4.98 Å². The Morgan fingerprint density at radius 2 is 2.08 bits per heavy atom. The summed E-state index contributed by atoms with van der Waals surface area (Å²) in [6, 6.07) is 8.21. The molecule has 0 aliphatic heterocycles. The summed E-state index contributed by atoms with van der Waals surface area (Å²) in [6.07, 6.45) is 4.56. The van der Waals surface area contributed by atoms with Crippen LogP contribution in [-0.2, 0) is 7.05 Å². The molecule has 3 aromatic heterocycles. The van der Waals surface area contributed by atoms with E-state index in [1.54, 1.807) is 25.4 Å². The van der Waals surface area contributed by atoms with Gasteiger partial charge in [0.25, 0.3) is 5.91 Å². The van der Waals surface area contributed by atoms with E-state index in [-0.39, 0.29) is 11.5 Å². The third-order valence-corrected chi connectivity index (χ3v) is 4.15. The van der Waals surface area contributed by atoms with Crippen molar-refractivity contribution in [3.8, 4) is 16.6 Å². The summed E-state index contributed by atoms with van der Waals surface area (Å²) in [7, 11) is 1.58. The predicted molar refractivity (Wildman–Crippen MR) is 89.7 cm³/mol. The standard InChI is InChI=1S/C16H11N5O2S/c1-21-9-11(3-5-14(21)22)15(23)20-16-19-8-13(24-16)12-4-2-10(6-17)7-18-12/h2-5,7-9H,1H3,(H,19,20,23). The van der Waals surface area contributed by atoms with Crippen molar-refractivity contribution in [2.45, 2.75) is 0 Å². The first-order valence-corrected chi connectivity index (χ1v) is 7.69. The molecule has 0 radical (unpaired) electrons. The van der Waals surface area contributed by atoms with Crippen molar-refractivity contribution < 1.29 is 4.79 Å². The normalized spacial score (nSPS) is 10.2. The van der Waals surface area contributed by atoms with Crippen LogP contribution in [0, 0.1) is 11.3 Å². The van der Waals surface area contributed by atoms with E-state index in [0.717, 1.165) is 4.88 Å². The van der Waals surface area contributed by atoms with Crippen molar-refractivity contribution in [1.29, 1.82) is 5.26 Å². The minimum absolute atomic E-state index is 0.185. The van der Waals surface area contributed by atoms with E-state index in [4.69, 9.17) is 5.26 Å². The predicted octanol–water partition coefficient (Wildman–Crippen LogP) is 2.03. The Bertz CT molecular complexity index is 998. The molecule has 7 nitrogen and oxygen atoms in total. The average molecular weight is 337 g/mol. The monoisotopic (exact) mass is 337 g/mol. The molecular formula is C16H11N5O2S. The Balaban J connectivity index is 1.78. The van der Waals surface area contributed by atoms with Crippen LogP contribution in [0.4, 0.5) is 5.13 Å².